The Morgan fingerprint density at radius 1 is 1.19 bits per heavy atom. The van der Waals surface area contributed by atoms with Crippen LogP contribution in [0.15, 0.2) is 52.1 Å². The molecular formula is C22H26N4O5S. The minimum atomic E-state index is -3.66. The molecule has 32 heavy (non-hydrogen) atoms. The molecular weight excluding hydrogens is 432 g/mol. The smallest absolute Gasteiger partial charge is 0.338 e. The second kappa shape index (κ2) is 10.5. The molecule has 0 saturated carbocycles. The molecule has 10 heteroatoms. The summed E-state index contributed by atoms with van der Waals surface area (Å²) in [7, 11) is -3.66. The van der Waals surface area contributed by atoms with E-state index in [4.69, 9.17) is 9.26 Å². The van der Waals surface area contributed by atoms with E-state index in [0.717, 1.165) is 5.56 Å². The summed E-state index contributed by atoms with van der Waals surface area (Å²) in [5.41, 5.74) is 1.63. The van der Waals surface area contributed by atoms with Gasteiger partial charge in [0.25, 0.3) is 0 Å². The van der Waals surface area contributed by atoms with Gasteiger partial charge in [-0.3, -0.25) is 4.98 Å². The minimum Gasteiger partial charge on any atom is -0.462 e. The molecule has 1 aromatic carbocycles. The van der Waals surface area contributed by atoms with E-state index in [0.29, 0.717) is 43.2 Å². The van der Waals surface area contributed by atoms with Gasteiger partial charge in [-0.2, -0.15) is 9.29 Å². The van der Waals surface area contributed by atoms with Gasteiger partial charge in [0.2, 0.25) is 21.7 Å². The Bertz CT molecular complexity index is 1160. The summed E-state index contributed by atoms with van der Waals surface area (Å²) >= 11 is 0. The second-order valence-corrected chi connectivity index (χ2v) is 9.00. The van der Waals surface area contributed by atoms with Crippen LogP contribution < -0.4 is 0 Å². The first kappa shape index (κ1) is 23.6. The molecule has 0 aliphatic rings. The molecule has 0 aliphatic carbocycles. The quantitative estimate of drug-likeness (QED) is 0.336. The monoisotopic (exact) mass is 458 g/mol. The molecule has 0 bridgehead atoms. The van der Waals surface area contributed by atoms with Gasteiger partial charge in [0.15, 0.2) is 0 Å². The molecule has 3 aromatic rings. The lowest BCUT2D eigenvalue weighted by Crippen LogP contribution is -2.30. The first-order valence-electron chi connectivity index (χ1n) is 10.4. The Morgan fingerprint density at radius 3 is 2.66 bits per heavy atom. The summed E-state index contributed by atoms with van der Waals surface area (Å²) in [5.74, 6) is 0.316. The molecule has 0 unspecified atom stereocenters. The van der Waals surface area contributed by atoms with Gasteiger partial charge >= 0.3 is 5.97 Å². The average Bonchev–Trinajstić information content (AvgIpc) is 3.27. The molecule has 0 amide bonds. The average molecular weight is 459 g/mol. The van der Waals surface area contributed by atoms with Crippen molar-refractivity contribution in [1.82, 2.24) is 19.4 Å². The van der Waals surface area contributed by atoms with Crippen LogP contribution >= 0.6 is 0 Å². The maximum atomic E-state index is 12.7. The number of pyridine rings is 1. The number of esters is 1. The Hall–Kier alpha value is -3.11. The predicted octanol–water partition coefficient (Wildman–Crippen LogP) is 3.26. The number of ether oxygens (including phenoxy) is 1. The molecule has 0 N–H and O–H groups in total. The van der Waals surface area contributed by atoms with E-state index in [1.54, 1.807) is 45.3 Å². The Labute approximate surface area is 187 Å². The molecule has 0 atom stereocenters. The third-order valence-corrected chi connectivity index (χ3v) is 6.97. The third kappa shape index (κ3) is 5.38. The van der Waals surface area contributed by atoms with Crippen molar-refractivity contribution in [3.8, 4) is 11.4 Å². The fourth-order valence-electron chi connectivity index (χ4n) is 3.13. The number of benzene rings is 1. The summed E-state index contributed by atoms with van der Waals surface area (Å²) in [5, 5.41) is 3.93. The number of rotatable bonds is 10. The second-order valence-electron chi connectivity index (χ2n) is 7.06. The first-order valence-corrected chi connectivity index (χ1v) is 11.8. The van der Waals surface area contributed by atoms with Crippen LogP contribution in [0.3, 0.4) is 0 Å². The van der Waals surface area contributed by atoms with Crippen molar-refractivity contribution >= 4 is 16.0 Å². The van der Waals surface area contributed by atoms with Gasteiger partial charge in [0.05, 0.1) is 17.1 Å². The molecule has 0 saturated heterocycles. The molecule has 2 aromatic heterocycles. The van der Waals surface area contributed by atoms with E-state index in [9.17, 15) is 13.2 Å². The van der Waals surface area contributed by atoms with E-state index in [-0.39, 0.29) is 17.1 Å². The van der Waals surface area contributed by atoms with Gasteiger partial charge < -0.3 is 9.26 Å². The van der Waals surface area contributed by atoms with Crippen molar-refractivity contribution in [3.05, 3.63) is 59.7 Å². The lowest BCUT2D eigenvalue weighted by molar-refractivity contribution is 0.0497. The Kier molecular flexibility index (Phi) is 7.70. The zero-order valence-electron chi connectivity index (χ0n) is 18.3. The van der Waals surface area contributed by atoms with Crippen LogP contribution in [0.5, 0.6) is 0 Å². The molecule has 9 nitrogen and oxygen atoms in total. The van der Waals surface area contributed by atoms with Crippen LogP contribution in [0.4, 0.5) is 0 Å². The standard InChI is InChI=1S/C22H26N4O5S/c1-4-26(5-2)32(28,29)18-11-10-16(3)19(14-18)22(27)30-13-7-9-20-24-21(25-31-20)17-8-6-12-23-15-17/h6,8,10-12,14-15H,4-5,7,9,13H2,1-3H3. The van der Waals surface area contributed by atoms with Gasteiger partial charge in [0.1, 0.15) is 0 Å². The highest BCUT2D eigenvalue weighted by Crippen LogP contribution is 2.20. The lowest BCUT2D eigenvalue weighted by atomic mass is 10.1. The topological polar surface area (TPSA) is 115 Å². The highest BCUT2D eigenvalue weighted by atomic mass is 32.2. The molecule has 2 heterocycles. The number of carbonyl (C=O) groups excluding carboxylic acids is 1. The van der Waals surface area contributed by atoms with Gasteiger partial charge in [-0.05, 0) is 43.2 Å². The largest absolute Gasteiger partial charge is 0.462 e. The SMILES string of the molecule is CCN(CC)S(=O)(=O)c1ccc(C)c(C(=O)OCCCc2nc(-c3cccnc3)no2)c1. The number of sulfonamides is 1. The lowest BCUT2D eigenvalue weighted by Gasteiger charge is -2.19. The van der Waals surface area contributed by atoms with E-state index >= 15 is 0 Å². The van der Waals surface area contributed by atoms with Crippen LogP contribution in [0.2, 0.25) is 0 Å². The minimum absolute atomic E-state index is 0.0764. The highest BCUT2D eigenvalue weighted by molar-refractivity contribution is 7.89. The fraction of sp³-hybridized carbons (Fsp3) is 0.364. The first-order chi connectivity index (χ1) is 15.4. The number of aromatic nitrogens is 3. The van der Waals surface area contributed by atoms with Gasteiger partial charge in [-0.25, -0.2) is 13.2 Å². The fourth-order valence-corrected chi connectivity index (χ4v) is 4.61. The van der Waals surface area contributed by atoms with E-state index in [1.807, 2.05) is 6.07 Å². The van der Waals surface area contributed by atoms with Crippen molar-refractivity contribution in [2.45, 2.75) is 38.5 Å². The molecule has 0 spiro atoms. The van der Waals surface area contributed by atoms with Crippen LogP contribution in [0, 0.1) is 6.92 Å². The highest BCUT2D eigenvalue weighted by Gasteiger charge is 2.24. The van der Waals surface area contributed by atoms with E-state index in [2.05, 4.69) is 15.1 Å². The maximum Gasteiger partial charge on any atom is 0.338 e. The van der Waals surface area contributed by atoms with Crippen molar-refractivity contribution < 1.29 is 22.5 Å². The number of hydrogen-bond donors (Lipinski definition) is 0. The zero-order valence-corrected chi connectivity index (χ0v) is 19.1. The van der Waals surface area contributed by atoms with E-state index < -0.39 is 16.0 Å². The normalized spacial score (nSPS) is 11.6. The van der Waals surface area contributed by atoms with Crippen LogP contribution in [0.1, 0.15) is 42.1 Å². The van der Waals surface area contributed by atoms with Crippen molar-refractivity contribution in [2.24, 2.45) is 0 Å². The van der Waals surface area contributed by atoms with Gasteiger partial charge in [-0.15, -0.1) is 0 Å². The van der Waals surface area contributed by atoms with Crippen LogP contribution in [-0.4, -0.2) is 53.5 Å². The van der Waals surface area contributed by atoms with Crippen molar-refractivity contribution in [3.63, 3.8) is 0 Å². The molecule has 0 radical (unpaired) electrons. The summed E-state index contributed by atoms with van der Waals surface area (Å²) in [6.07, 6.45) is 4.23. The number of hydrogen-bond acceptors (Lipinski definition) is 8. The third-order valence-electron chi connectivity index (χ3n) is 4.93. The number of aryl methyl sites for hydroxylation is 2. The van der Waals surface area contributed by atoms with Gasteiger partial charge in [0, 0.05) is 37.5 Å². The molecule has 0 fully saturated rings. The van der Waals surface area contributed by atoms with Crippen LogP contribution in [-0.2, 0) is 21.2 Å². The number of carbonyl (C=O) groups is 1. The predicted molar refractivity (Wildman–Crippen MR) is 117 cm³/mol. The van der Waals surface area contributed by atoms with Crippen LogP contribution in [0.25, 0.3) is 11.4 Å². The summed E-state index contributed by atoms with van der Waals surface area (Å²) in [6.45, 7) is 6.12. The zero-order chi connectivity index (χ0) is 23.1. The Morgan fingerprint density at radius 2 is 1.97 bits per heavy atom. The maximum absolute atomic E-state index is 12.7. The van der Waals surface area contributed by atoms with Crippen molar-refractivity contribution in [1.29, 1.82) is 0 Å². The molecule has 3 rings (SSSR count). The summed E-state index contributed by atoms with van der Waals surface area (Å²) in [4.78, 5) is 21.0. The Balaban J connectivity index is 1.59. The van der Waals surface area contributed by atoms with E-state index in [1.165, 1.54) is 16.4 Å². The summed E-state index contributed by atoms with van der Waals surface area (Å²) in [6, 6.07) is 8.12. The number of nitrogens with zero attached hydrogens (tertiary/aromatic N) is 4. The van der Waals surface area contributed by atoms with Crippen molar-refractivity contribution in [2.75, 3.05) is 19.7 Å². The molecule has 170 valence electrons. The summed E-state index contributed by atoms with van der Waals surface area (Å²) < 4.78 is 37.4. The molecule has 0 aliphatic heterocycles. The van der Waals surface area contributed by atoms with Gasteiger partial charge in [-0.1, -0.05) is 25.1 Å².